The van der Waals surface area contributed by atoms with Gasteiger partial charge in [0.1, 0.15) is 5.82 Å². The van der Waals surface area contributed by atoms with Crippen molar-refractivity contribution in [3.63, 3.8) is 0 Å². The molecule has 2 fully saturated rings. The van der Waals surface area contributed by atoms with E-state index in [1.807, 2.05) is 9.80 Å². The molecule has 1 aromatic rings. The summed E-state index contributed by atoms with van der Waals surface area (Å²) in [4.78, 5) is 19.8. The van der Waals surface area contributed by atoms with Crippen LogP contribution in [0.1, 0.15) is 18.4 Å². The Kier molecular flexibility index (Phi) is 6.44. The maximum atomic E-state index is 12.7. The van der Waals surface area contributed by atoms with Crippen LogP contribution in [0, 0.1) is 0 Å². The number of aromatic nitrogens is 1. The first-order valence-electron chi connectivity index (χ1n) is 8.91. The summed E-state index contributed by atoms with van der Waals surface area (Å²) in [6.45, 7) is 3.86. The molecule has 2 aliphatic heterocycles. The molecular weight excluding hydrogens is 385 g/mol. The highest BCUT2D eigenvalue weighted by molar-refractivity contribution is 6.33. The van der Waals surface area contributed by atoms with Crippen molar-refractivity contribution in [2.75, 3.05) is 50.8 Å². The monoisotopic (exact) mass is 406 g/mol. The van der Waals surface area contributed by atoms with Gasteiger partial charge in [0.15, 0.2) is 0 Å². The largest absolute Gasteiger partial charge is 0.417 e. The van der Waals surface area contributed by atoms with Crippen molar-refractivity contribution in [1.29, 1.82) is 0 Å². The molecule has 3 rings (SSSR count). The van der Waals surface area contributed by atoms with Crippen LogP contribution < -0.4 is 10.2 Å². The van der Waals surface area contributed by atoms with Crippen LogP contribution >= 0.6 is 11.6 Å². The Hall–Kier alpha value is -1.58. The molecule has 0 bridgehead atoms. The minimum Gasteiger partial charge on any atom is -0.376 e. The van der Waals surface area contributed by atoms with E-state index in [9.17, 15) is 18.0 Å². The van der Waals surface area contributed by atoms with E-state index in [2.05, 4.69) is 10.3 Å². The average Bonchev–Trinajstić information content (AvgIpc) is 3.13. The van der Waals surface area contributed by atoms with Crippen LogP contribution in [0.3, 0.4) is 0 Å². The normalized spacial score (nSPS) is 21.5. The summed E-state index contributed by atoms with van der Waals surface area (Å²) < 4.78 is 43.6. The second-order valence-electron chi connectivity index (χ2n) is 6.73. The van der Waals surface area contributed by atoms with Crippen LogP contribution in [0.4, 0.5) is 19.0 Å². The number of rotatable bonds is 5. The minimum atomic E-state index is -4.47. The van der Waals surface area contributed by atoms with E-state index < -0.39 is 11.7 Å². The summed E-state index contributed by atoms with van der Waals surface area (Å²) in [5.74, 6) is 0.289. The number of hydrogen-bond acceptors (Lipinski definition) is 5. The first-order valence-corrected chi connectivity index (χ1v) is 9.29. The standard InChI is InChI=1S/C17H22ClF3N4O2/c18-14-8-12(17(19,20)21)9-23-16(14)25-5-3-24(4-6-25)11-15(26)22-10-13-2-1-7-27-13/h8-9,13H,1-7,10-11H2,(H,22,26). The topological polar surface area (TPSA) is 57.7 Å². The highest BCUT2D eigenvalue weighted by Gasteiger charge is 2.32. The number of amides is 1. The molecule has 2 saturated heterocycles. The Morgan fingerprint density at radius 1 is 1.33 bits per heavy atom. The highest BCUT2D eigenvalue weighted by atomic mass is 35.5. The third-order valence-corrected chi connectivity index (χ3v) is 5.02. The molecule has 1 unspecified atom stereocenters. The van der Waals surface area contributed by atoms with Gasteiger partial charge in [0, 0.05) is 45.5 Å². The Labute approximate surface area is 160 Å². The van der Waals surface area contributed by atoms with Crippen LogP contribution in [0.25, 0.3) is 0 Å². The molecule has 2 aliphatic rings. The lowest BCUT2D eigenvalue weighted by Gasteiger charge is -2.35. The van der Waals surface area contributed by atoms with E-state index in [-0.39, 0.29) is 23.6 Å². The molecule has 1 aromatic heterocycles. The summed E-state index contributed by atoms with van der Waals surface area (Å²) in [5.41, 5.74) is -0.863. The van der Waals surface area contributed by atoms with Crippen LogP contribution in [0.2, 0.25) is 5.02 Å². The Morgan fingerprint density at radius 3 is 2.67 bits per heavy atom. The molecular formula is C17H22ClF3N4O2. The van der Waals surface area contributed by atoms with Crippen molar-refractivity contribution in [3.05, 3.63) is 22.8 Å². The van der Waals surface area contributed by atoms with E-state index in [4.69, 9.17) is 16.3 Å². The first kappa shape index (κ1) is 20.2. The first-order chi connectivity index (χ1) is 12.8. The zero-order chi connectivity index (χ0) is 19.4. The van der Waals surface area contributed by atoms with Crippen molar-refractivity contribution >= 4 is 23.3 Å². The summed E-state index contributed by atoms with van der Waals surface area (Å²) >= 11 is 6.00. The molecule has 1 amide bonds. The van der Waals surface area contributed by atoms with Gasteiger partial charge in [-0.05, 0) is 18.9 Å². The van der Waals surface area contributed by atoms with E-state index in [1.54, 1.807) is 0 Å². The molecule has 0 spiro atoms. The molecule has 150 valence electrons. The number of piperazine rings is 1. The van der Waals surface area contributed by atoms with E-state index >= 15 is 0 Å². The fourth-order valence-electron chi connectivity index (χ4n) is 3.23. The fraction of sp³-hybridized carbons (Fsp3) is 0.647. The lowest BCUT2D eigenvalue weighted by atomic mass is 10.2. The van der Waals surface area contributed by atoms with Gasteiger partial charge < -0.3 is 15.0 Å². The molecule has 1 N–H and O–H groups in total. The van der Waals surface area contributed by atoms with Gasteiger partial charge in [-0.25, -0.2) is 4.98 Å². The molecule has 10 heteroatoms. The van der Waals surface area contributed by atoms with Gasteiger partial charge in [-0.1, -0.05) is 11.6 Å². The van der Waals surface area contributed by atoms with E-state index in [0.29, 0.717) is 38.5 Å². The third-order valence-electron chi connectivity index (χ3n) is 4.74. The quantitative estimate of drug-likeness (QED) is 0.812. The predicted octanol–water partition coefficient (Wildman–Crippen LogP) is 2.17. The average molecular weight is 407 g/mol. The molecule has 3 heterocycles. The van der Waals surface area contributed by atoms with Crippen molar-refractivity contribution in [1.82, 2.24) is 15.2 Å². The lowest BCUT2D eigenvalue weighted by molar-refractivity contribution is -0.137. The van der Waals surface area contributed by atoms with Gasteiger partial charge >= 0.3 is 6.18 Å². The number of nitrogens with zero attached hydrogens (tertiary/aromatic N) is 3. The smallest absolute Gasteiger partial charge is 0.376 e. The second kappa shape index (κ2) is 8.62. The van der Waals surface area contributed by atoms with Crippen molar-refractivity contribution in [2.45, 2.75) is 25.1 Å². The van der Waals surface area contributed by atoms with Gasteiger partial charge in [0.25, 0.3) is 0 Å². The van der Waals surface area contributed by atoms with Gasteiger partial charge in [0.2, 0.25) is 5.91 Å². The van der Waals surface area contributed by atoms with Crippen LogP contribution in [-0.2, 0) is 15.7 Å². The van der Waals surface area contributed by atoms with Gasteiger partial charge in [-0.3, -0.25) is 9.69 Å². The fourth-order valence-corrected chi connectivity index (χ4v) is 3.51. The summed E-state index contributed by atoms with van der Waals surface area (Å²) in [6.07, 6.45) is -1.56. The van der Waals surface area contributed by atoms with Crippen LogP contribution in [-0.4, -0.2) is 67.8 Å². The van der Waals surface area contributed by atoms with E-state index in [1.165, 1.54) is 0 Å². The zero-order valence-corrected chi connectivity index (χ0v) is 15.5. The zero-order valence-electron chi connectivity index (χ0n) is 14.8. The molecule has 0 aromatic carbocycles. The maximum Gasteiger partial charge on any atom is 0.417 e. The molecule has 1 atom stereocenters. The third kappa shape index (κ3) is 5.46. The number of carbonyl (C=O) groups is 1. The predicted molar refractivity (Wildman–Crippen MR) is 94.9 cm³/mol. The van der Waals surface area contributed by atoms with Gasteiger partial charge in [-0.2, -0.15) is 13.2 Å². The van der Waals surface area contributed by atoms with Crippen LogP contribution in [0.15, 0.2) is 12.3 Å². The number of halogens is 4. The second-order valence-corrected chi connectivity index (χ2v) is 7.14. The number of nitrogens with one attached hydrogen (secondary N) is 1. The highest BCUT2D eigenvalue weighted by Crippen LogP contribution is 2.33. The maximum absolute atomic E-state index is 12.7. The Bertz CT molecular complexity index is 660. The Balaban J connectivity index is 1.46. The summed E-state index contributed by atoms with van der Waals surface area (Å²) in [6, 6.07) is 0.898. The summed E-state index contributed by atoms with van der Waals surface area (Å²) in [5, 5.41) is 2.86. The van der Waals surface area contributed by atoms with Crippen LogP contribution in [0.5, 0.6) is 0 Å². The number of hydrogen-bond donors (Lipinski definition) is 1. The van der Waals surface area contributed by atoms with Crippen molar-refractivity contribution in [3.8, 4) is 0 Å². The number of anilines is 1. The number of carbonyl (C=O) groups excluding carboxylic acids is 1. The molecule has 0 radical (unpaired) electrons. The summed E-state index contributed by atoms with van der Waals surface area (Å²) in [7, 11) is 0. The van der Waals surface area contributed by atoms with E-state index in [0.717, 1.165) is 31.7 Å². The minimum absolute atomic E-state index is 0.0208. The molecule has 27 heavy (non-hydrogen) atoms. The lowest BCUT2D eigenvalue weighted by Crippen LogP contribution is -2.50. The van der Waals surface area contributed by atoms with Gasteiger partial charge in [-0.15, -0.1) is 0 Å². The molecule has 6 nitrogen and oxygen atoms in total. The van der Waals surface area contributed by atoms with Crippen molar-refractivity contribution < 1.29 is 22.7 Å². The van der Waals surface area contributed by atoms with Crippen molar-refractivity contribution in [2.24, 2.45) is 0 Å². The molecule has 0 saturated carbocycles. The number of pyridine rings is 1. The van der Waals surface area contributed by atoms with Gasteiger partial charge in [0.05, 0.1) is 23.2 Å². The number of alkyl halides is 3. The number of ether oxygens (including phenoxy) is 1. The molecule has 0 aliphatic carbocycles. The Morgan fingerprint density at radius 2 is 2.07 bits per heavy atom. The SMILES string of the molecule is O=C(CN1CCN(c2ncc(C(F)(F)F)cc2Cl)CC1)NCC1CCCO1.